The summed E-state index contributed by atoms with van der Waals surface area (Å²) in [5, 5.41) is 3.45. The van der Waals surface area contributed by atoms with Gasteiger partial charge in [-0.1, -0.05) is 60.1 Å². The summed E-state index contributed by atoms with van der Waals surface area (Å²) in [5.74, 6) is -0.433. The predicted octanol–water partition coefficient (Wildman–Crippen LogP) is 2.38. The molecule has 0 aromatic heterocycles. The second-order valence-electron chi connectivity index (χ2n) is 5.85. The van der Waals surface area contributed by atoms with Gasteiger partial charge in [0.1, 0.15) is 12.6 Å². The van der Waals surface area contributed by atoms with Crippen molar-refractivity contribution in [1.82, 2.24) is 10.2 Å². The lowest BCUT2D eigenvalue weighted by atomic mass is 10.1. The highest BCUT2D eigenvalue weighted by Gasteiger charge is 2.33. The Balaban J connectivity index is 1.68. The second kappa shape index (κ2) is 8.14. The van der Waals surface area contributed by atoms with E-state index < -0.39 is 6.04 Å². The minimum absolute atomic E-state index is 0.00112. The molecular weight excluding hydrogens is 340 g/mol. The highest BCUT2D eigenvalue weighted by molar-refractivity contribution is 6.31. The van der Waals surface area contributed by atoms with Crippen LogP contribution < -0.4 is 5.32 Å². The summed E-state index contributed by atoms with van der Waals surface area (Å²) in [6.07, 6.45) is 0. The van der Waals surface area contributed by atoms with E-state index in [1.165, 1.54) is 0 Å². The van der Waals surface area contributed by atoms with E-state index in [2.05, 4.69) is 5.32 Å². The molecule has 25 heavy (non-hydrogen) atoms. The minimum Gasteiger partial charge on any atom is -0.369 e. The van der Waals surface area contributed by atoms with Gasteiger partial charge in [0.2, 0.25) is 11.8 Å². The molecule has 1 saturated heterocycles. The largest absolute Gasteiger partial charge is 0.369 e. The van der Waals surface area contributed by atoms with Gasteiger partial charge in [0.25, 0.3) is 0 Å². The van der Waals surface area contributed by atoms with Gasteiger partial charge in [0, 0.05) is 18.1 Å². The summed E-state index contributed by atoms with van der Waals surface area (Å²) < 4.78 is 5.28. The first-order valence-electron chi connectivity index (χ1n) is 8.07. The van der Waals surface area contributed by atoms with Gasteiger partial charge in [-0.2, -0.15) is 0 Å². The van der Waals surface area contributed by atoms with Crippen LogP contribution in [0.3, 0.4) is 0 Å². The number of nitrogens with one attached hydrogen (secondary N) is 1. The average molecular weight is 359 g/mol. The molecule has 6 heteroatoms. The van der Waals surface area contributed by atoms with Gasteiger partial charge in [-0.15, -0.1) is 0 Å². The van der Waals surface area contributed by atoms with Crippen molar-refractivity contribution in [2.45, 2.75) is 19.1 Å². The number of morpholine rings is 1. The van der Waals surface area contributed by atoms with Gasteiger partial charge in [-0.25, -0.2) is 0 Å². The molecule has 0 radical (unpaired) electrons. The number of carbonyl (C=O) groups is 2. The highest BCUT2D eigenvalue weighted by Crippen LogP contribution is 2.16. The number of nitrogens with zero attached hydrogens (tertiary/aromatic N) is 1. The molecule has 0 bridgehead atoms. The molecule has 1 unspecified atom stereocenters. The first-order valence-corrected chi connectivity index (χ1v) is 8.45. The van der Waals surface area contributed by atoms with Gasteiger partial charge in [0.15, 0.2) is 0 Å². The smallest absolute Gasteiger partial charge is 0.249 e. The summed E-state index contributed by atoms with van der Waals surface area (Å²) in [6, 6.07) is 16.3. The number of carbonyl (C=O) groups excluding carboxylic acids is 2. The van der Waals surface area contributed by atoms with Crippen molar-refractivity contribution in [1.29, 1.82) is 0 Å². The van der Waals surface area contributed by atoms with Crippen LogP contribution in [-0.2, 0) is 27.4 Å². The van der Waals surface area contributed by atoms with Crippen molar-refractivity contribution in [3.63, 3.8) is 0 Å². The second-order valence-corrected chi connectivity index (χ2v) is 6.25. The Kier molecular flexibility index (Phi) is 5.68. The molecule has 2 aromatic rings. The predicted molar refractivity (Wildman–Crippen MR) is 94.9 cm³/mol. The fraction of sp³-hybridized carbons (Fsp3) is 0.263. The first kappa shape index (κ1) is 17.5. The zero-order valence-electron chi connectivity index (χ0n) is 13.7. The van der Waals surface area contributed by atoms with Crippen molar-refractivity contribution in [3.05, 3.63) is 70.7 Å². The third-order valence-corrected chi connectivity index (χ3v) is 4.48. The van der Waals surface area contributed by atoms with E-state index in [1.807, 2.05) is 48.5 Å². The van der Waals surface area contributed by atoms with E-state index in [4.69, 9.17) is 16.3 Å². The zero-order chi connectivity index (χ0) is 17.6. The molecule has 1 aliphatic heterocycles. The van der Waals surface area contributed by atoms with Gasteiger partial charge >= 0.3 is 0 Å². The lowest BCUT2D eigenvalue weighted by molar-refractivity contribution is -0.155. The van der Waals surface area contributed by atoms with Gasteiger partial charge < -0.3 is 15.0 Å². The topological polar surface area (TPSA) is 58.6 Å². The number of amides is 2. The Morgan fingerprint density at radius 3 is 2.64 bits per heavy atom. The quantitative estimate of drug-likeness (QED) is 0.892. The Hall–Kier alpha value is -2.37. The molecular formula is C19H19ClN2O3. The monoisotopic (exact) mass is 358 g/mol. The third-order valence-electron chi connectivity index (χ3n) is 4.11. The number of ether oxygens (including phenoxy) is 1. The number of rotatable bonds is 5. The van der Waals surface area contributed by atoms with Crippen molar-refractivity contribution in [2.75, 3.05) is 13.2 Å². The van der Waals surface area contributed by atoms with Gasteiger partial charge in [0.05, 0.1) is 6.61 Å². The SMILES string of the molecule is O=C(NCc1ccccc1Cl)C1COCC(=O)N1Cc1ccccc1. The van der Waals surface area contributed by atoms with E-state index in [1.54, 1.807) is 11.0 Å². The average Bonchev–Trinajstić information content (AvgIpc) is 2.63. The standard InChI is InChI=1S/C19H19ClN2O3/c20-16-9-5-4-8-15(16)10-21-19(24)17-12-25-13-18(23)22(17)11-14-6-2-1-3-7-14/h1-9,17H,10-13H2,(H,21,24). The lowest BCUT2D eigenvalue weighted by Crippen LogP contribution is -2.55. The fourth-order valence-electron chi connectivity index (χ4n) is 2.74. The van der Waals surface area contributed by atoms with Crippen LogP contribution in [0.1, 0.15) is 11.1 Å². The minimum atomic E-state index is -0.649. The van der Waals surface area contributed by atoms with Crippen LogP contribution >= 0.6 is 11.6 Å². The van der Waals surface area contributed by atoms with Crippen LogP contribution in [0.25, 0.3) is 0 Å². The summed E-state index contributed by atoms with van der Waals surface area (Å²) >= 11 is 6.11. The molecule has 0 saturated carbocycles. The molecule has 3 rings (SSSR count). The van der Waals surface area contributed by atoms with Crippen LogP contribution in [0.15, 0.2) is 54.6 Å². The summed E-state index contributed by atoms with van der Waals surface area (Å²) in [6.45, 7) is 0.879. The van der Waals surface area contributed by atoms with Crippen LogP contribution in [0.5, 0.6) is 0 Å². The van der Waals surface area contributed by atoms with Crippen molar-refractivity contribution in [2.24, 2.45) is 0 Å². The van der Waals surface area contributed by atoms with Crippen LogP contribution in [-0.4, -0.2) is 36.0 Å². The number of benzene rings is 2. The van der Waals surface area contributed by atoms with Crippen molar-refractivity contribution < 1.29 is 14.3 Å². The van der Waals surface area contributed by atoms with E-state index in [9.17, 15) is 9.59 Å². The Morgan fingerprint density at radius 2 is 1.88 bits per heavy atom. The molecule has 1 aliphatic rings. The zero-order valence-corrected chi connectivity index (χ0v) is 14.4. The maximum atomic E-state index is 12.6. The molecule has 1 heterocycles. The molecule has 2 aromatic carbocycles. The normalized spacial score (nSPS) is 17.4. The van der Waals surface area contributed by atoms with Gasteiger partial charge in [-0.05, 0) is 17.2 Å². The number of halogens is 1. The molecule has 0 aliphatic carbocycles. The van der Waals surface area contributed by atoms with Gasteiger partial charge in [-0.3, -0.25) is 9.59 Å². The van der Waals surface area contributed by atoms with Crippen LogP contribution in [0.4, 0.5) is 0 Å². The van der Waals surface area contributed by atoms with Crippen LogP contribution in [0.2, 0.25) is 5.02 Å². The Bertz CT molecular complexity index is 751. The molecule has 2 amide bonds. The first-order chi connectivity index (χ1) is 12.1. The van der Waals surface area contributed by atoms with Crippen molar-refractivity contribution >= 4 is 23.4 Å². The van der Waals surface area contributed by atoms with Crippen molar-refractivity contribution in [3.8, 4) is 0 Å². The number of hydrogen-bond donors (Lipinski definition) is 1. The van der Waals surface area contributed by atoms with Crippen LogP contribution in [0, 0.1) is 0 Å². The van der Waals surface area contributed by atoms with E-state index >= 15 is 0 Å². The van der Waals surface area contributed by atoms with E-state index in [0.717, 1.165) is 11.1 Å². The van der Waals surface area contributed by atoms with E-state index in [-0.39, 0.29) is 25.0 Å². The fourth-order valence-corrected chi connectivity index (χ4v) is 2.94. The molecule has 1 fully saturated rings. The Labute approximate surface area is 151 Å². The molecule has 1 atom stereocenters. The lowest BCUT2D eigenvalue weighted by Gasteiger charge is -2.34. The molecule has 5 nitrogen and oxygen atoms in total. The molecule has 130 valence electrons. The summed E-state index contributed by atoms with van der Waals surface area (Å²) in [5.41, 5.74) is 1.80. The third kappa shape index (κ3) is 4.38. The highest BCUT2D eigenvalue weighted by atomic mass is 35.5. The maximum absolute atomic E-state index is 12.6. The maximum Gasteiger partial charge on any atom is 0.249 e. The Morgan fingerprint density at radius 1 is 1.16 bits per heavy atom. The summed E-state index contributed by atoms with van der Waals surface area (Å²) in [4.78, 5) is 26.4. The summed E-state index contributed by atoms with van der Waals surface area (Å²) in [7, 11) is 0. The molecule has 0 spiro atoms. The number of hydrogen-bond acceptors (Lipinski definition) is 3. The molecule has 1 N–H and O–H groups in total. The van der Waals surface area contributed by atoms with E-state index in [0.29, 0.717) is 18.1 Å².